The van der Waals surface area contributed by atoms with Gasteiger partial charge in [0.15, 0.2) is 0 Å². The molecule has 2 rings (SSSR count). The molecule has 1 aromatic rings. The van der Waals surface area contributed by atoms with Crippen LogP contribution in [0, 0.1) is 5.92 Å². The van der Waals surface area contributed by atoms with Gasteiger partial charge in [0.25, 0.3) is 5.91 Å². The first-order valence-electron chi connectivity index (χ1n) is 7.39. The second kappa shape index (κ2) is 5.87. The summed E-state index contributed by atoms with van der Waals surface area (Å²) in [6, 6.07) is -0.0892. The molecule has 6 heteroatoms. The van der Waals surface area contributed by atoms with E-state index in [-0.39, 0.29) is 17.9 Å². The standard InChI is InChI=1S/C15H24N4O2/c1-10(2)8-13(20)19-7-6-18-9-12(15(21)17(4)5)16-14(18)11(19)3/h9-11H,6-8H2,1-5H3/t11-/m1/s1. The first kappa shape index (κ1) is 15.5. The summed E-state index contributed by atoms with van der Waals surface area (Å²) in [4.78, 5) is 32.1. The van der Waals surface area contributed by atoms with Gasteiger partial charge in [0.05, 0.1) is 6.04 Å². The molecule has 1 aromatic heterocycles. The number of carbonyl (C=O) groups is 2. The maximum atomic E-state index is 12.3. The molecule has 21 heavy (non-hydrogen) atoms. The van der Waals surface area contributed by atoms with Gasteiger partial charge in [0.1, 0.15) is 11.5 Å². The second-order valence-corrected chi connectivity index (χ2v) is 6.24. The van der Waals surface area contributed by atoms with Crippen LogP contribution in [0.3, 0.4) is 0 Å². The summed E-state index contributed by atoms with van der Waals surface area (Å²) >= 11 is 0. The van der Waals surface area contributed by atoms with Crippen LogP contribution in [-0.4, -0.2) is 51.8 Å². The first-order chi connectivity index (χ1) is 9.81. The van der Waals surface area contributed by atoms with E-state index < -0.39 is 0 Å². The molecule has 0 saturated heterocycles. The second-order valence-electron chi connectivity index (χ2n) is 6.24. The zero-order chi connectivity index (χ0) is 15.7. The molecule has 0 bridgehead atoms. The molecular formula is C15H24N4O2. The lowest BCUT2D eigenvalue weighted by atomic mass is 10.1. The molecule has 116 valence electrons. The minimum Gasteiger partial charge on any atom is -0.343 e. The van der Waals surface area contributed by atoms with E-state index >= 15 is 0 Å². The largest absolute Gasteiger partial charge is 0.343 e. The van der Waals surface area contributed by atoms with Crippen LogP contribution in [0.5, 0.6) is 0 Å². The molecule has 0 spiro atoms. The number of aromatic nitrogens is 2. The topological polar surface area (TPSA) is 58.4 Å². The van der Waals surface area contributed by atoms with E-state index in [0.29, 0.717) is 31.1 Å². The van der Waals surface area contributed by atoms with Gasteiger partial charge in [-0.2, -0.15) is 0 Å². The molecule has 0 aliphatic carbocycles. The molecule has 0 aromatic carbocycles. The van der Waals surface area contributed by atoms with Crippen molar-refractivity contribution in [3.63, 3.8) is 0 Å². The molecule has 0 unspecified atom stereocenters. The van der Waals surface area contributed by atoms with Gasteiger partial charge in [-0.05, 0) is 12.8 Å². The Balaban J connectivity index is 2.21. The molecule has 2 amide bonds. The average Bonchev–Trinajstić information content (AvgIpc) is 2.81. The Hall–Kier alpha value is -1.85. The molecule has 2 heterocycles. The van der Waals surface area contributed by atoms with Gasteiger partial charge >= 0.3 is 0 Å². The van der Waals surface area contributed by atoms with E-state index in [1.807, 2.05) is 30.2 Å². The summed E-state index contributed by atoms with van der Waals surface area (Å²) in [7, 11) is 3.42. The number of hydrogen-bond donors (Lipinski definition) is 0. The third-order valence-electron chi connectivity index (χ3n) is 3.76. The highest BCUT2D eigenvalue weighted by atomic mass is 16.2. The Labute approximate surface area is 125 Å². The number of carbonyl (C=O) groups excluding carboxylic acids is 2. The fourth-order valence-electron chi connectivity index (χ4n) is 2.63. The lowest BCUT2D eigenvalue weighted by Crippen LogP contribution is -2.41. The summed E-state index contributed by atoms with van der Waals surface area (Å²) in [6.45, 7) is 7.42. The zero-order valence-electron chi connectivity index (χ0n) is 13.5. The summed E-state index contributed by atoms with van der Waals surface area (Å²) in [5.74, 6) is 1.19. The summed E-state index contributed by atoms with van der Waals surface area (Å²) < 4.78 is 1.99. The van der Waals surface area contributed by atoms with Gasteiger partial charge in [0.2, 0.25) is 5.91 Å². The van der Waals surface area contributed by atoms with Crippen molar-refractivity contribution in [2.45, 2.75) is 39.8 Å². The number of nitrogens with zero attached hydrogens (tertiary/aromatic N) is 4. The molecule has 1 aliphatic heterocycles. The van der Waals surface area contributed by atoms with Gasteiger partial charge < -0.3 is 14.4 Å². The Morgan fingerprint density at radius 2 is 2.05 bits per heavy atom. The van der Waals surface area contributed by atoms with Crippen LogP contribution >= 0.6 is 0 Å². The van der Waals surface area contributed by atoms with Gasteiger partial charge in [-0.15, -0.1) is 0 Å². The maximum absolute atomic E-state index is 12.3. The van der Waals surface area contributed by atoms with E-state index in [0.717, 1.165) is 5.82 Å². The molecule has 1 atom stereocenters. The summed E-state index contributed by atoms with van der Waals surface area (Å²) in [5.41, 5.74) is 0.444. The fourth-order valence-corrected chi connectivity index (χ4v) is 2.63. The first-order valence-corrected chi connectivity index (χ1v) is 7.39. The van der Waals surface area contributed by atoms with E-state index in [1.165, 1.54) is 4.90 Å². The quantitative estimate of drug-likeness (QED) is 0.849. The maximum Gasteiger partial charge on any atom is 0.273 e. The third kappa shape index (κ3) is 3.09. The van der Waals surface area contributed by atoms with Crippen molar-refractivity contribution in [1.82, 2.24) is 19.4 Å². The molecule has 6 nitrogen and oxygen atoms in total. The SMILES string of the molecule is CC(C)CC(=O)N1CCn2cc(C(=O)N(C)C)nc2[C@H]1C. The van der Waals surface area contributed by atoms with Crippen molar-refractivity contribution in [2.75, 3.05) is 20.6 Å². The van der Waals surface area contributed by atoms with Gasteiger partial charge in [-0.3, -0.25) is 9.59 Å². The minimum absolute atomic E-state index is 0.0892. The number of hydrogen-bond acceptors (Lipinski definition) is 3. The average molecular weight is 292 g/mol. The fraction of sp³-hybridized carbons (Fsp3) is 0.667. The molecule has 0 radical (unpaired) electrons. The highest BCUT2D eigenvalue weighted by Gasteiger charge is 2.30. The molecule has 0 saturated carbocycles. The normalized spacial score (nSPS) is 17.8. The zero-order valence-corrected chi connectivity index (χ0v) is 13.5. The van der Waals surface area contributed by atoms with E-state index in [9.17, 15) is 9.59 Å². The van der Waals surface area contributed by atoms with Crippen LogP contribution in [0.15, 0.2) is 6.20 Å². The number of imidazole rings is 1. The van der Waals surface area contributed by atoms with Gasteiger partial charge in [0, 0.05) is 39.8 Å². The summed E-state index contributed by atoms with van der Waals surface area (Å²) in [6.07, 6.45) is 2.34. The molecule has 1 aliphatic rings. The predicted molar refractivity (Wildman–Crippen MR) is 79.8 cm³/mol. The van der Waals surface area contributed by atoms with E-state index in [2.05, 4.69) is 4.98 Å². The van der Waals surface area contributed by atoms with Crippen LogP contribution in [0.2, 0.25) is 0 Å². The highest BCUT2D eigenvalue weighted by Crippen LogP contribution is 2.26. The Morgan fingerprint density at radius 1 is 1.38 bits per heavy atom. The van der Waals surface area contributed by atoms with Crippen LogP contribution < -0.4 is 0 Å². The summed E-state index contributed by atoms with van der Waals surface area (Å²) in [5, 5.41) is 0. The van der Waals surface area contributed by atoms with Gasteiger partial charge in [-0.1, -0.05) is 13.8 Å². The van der Waals surface area contributed by atoms with E-state index in [4.69, 9.17) is 0 Å². The van der Waals surface area contributed by atoms with Crippen molar-refractivity contribution >= 4 is 11.8 Å². The van der Waals surface area contributed by atoms with Crippen LogP contribution in [0.1, 0.15) is 49.5 Å². The van der Waals surface area contributed by atoms with Crippen LogP contribution in [0.25, 0.3) is 0 Å². The third-order valence-corrected chi connectivity index (χ3v) is 3.76. The Bertz CT molecular complexity index is 548. The lowest BCUT2D eigenvalue weighted by molar-refractivity contribution is -0.135. The smallest absolute Gasteiger partial charge is 0.273 e. The van der Waals surface area contributed by atoms with Crippen LogP contribution in [-0.2, 0) is 11.3 Å². The number of rotatable bonds is 3. The van der Waals surface area contributed by atoms with Crippen molar-refractivity contribution in [3.05, 3.63) is 17.7 Å². The number of amides is 2. The van der Waals surface area contributed by atoms with Crippen LogP contribution in [0.4, 0.5) is 0 Å². The van der Waals surface area contributed by atoms with Crippen molar-refractivity contribution in [3.8, 4) is 0 Å². The lowest BCUT2D eigenvalue weighted by Gasteiger charge is -2.34. The minimum atomic E-state index is -0.107. The Morgan fingerprint density at radius 3 is 2.62 bits per heavy atom. The molecule has 0 fully saturated rings. The molecular weight excluding hydrogens is 268 g/mol. The monoisotopic (exact) mass is 292 g/mol. The highest BCUT2D eigenvalue weighted by molar-refractivity contribution is 5.91. The Kier molecular flexibility index (Phi) is 4.34. The van der Waals surface area contributed by atoms with E-state index in [1.54, 1.807) is 20.3 Å². The van der Waals surface area contributed by atoms with Crippen molar-refractivity contribution in [1.29, 1.82) is 0 Å². The van der Waals surface area contributed by atoms with Crippen molar-refractivity contribution in [2.24, 2.45) is 5.92 Å². The van der Waals surface area contributed by atoms with Gasteiger partial charge in [-0.25, -0.2) is 4.98 Å². The predicted octanol–water partition coefficient (Wildman–Crippen LogP) is 1.53. The van der Waals surface area contributed by atoms with Crippen molar-refractivity contribution < 1.29 is 9.59 Å². The number of fused-ring (bicyclic) bond motifs is 1. The molecule has 0 N–H and O–H groups in total.